The molecule has 2 rings (SSSR count). The van der Waals surface area contributed by atoms with Gasteiger partial charge < -0.3 is 5.32 Å². The van der Waals surface area contributed by atoms with Gasteiger partial charge in [-0.25, -0.2) is 8.42 Å². The average molecular weight is 309 g/mol. The maximum Gasteiger partial charge on any atom is 0.260 e. The first kappa shape index (κ1) is 16.4. The average Bonchev–Trinajstić information content (AvgIpc) is 2.78. The summed E-state index contributed by atoms with van der Waals surface area (Å²) in [5.74, 6) is 0. The second-order valence-electron chi connectivity index (χ2n) is 4.88. The van der Waals surface area contributed by atoms with Gasteiger partial charge in [-0.1, -0.05) is 0 Å². The summed E-state index contributed by atoms with van der Waals surface area (Å²) in [6.45, 7) is 7.65. The summed E-state index contributed by atoms with van der Waals surface area (Å²) in [6.07, 6.45) is 1.54. The number of hydrogen-bond acceptors (Lipinski definition) is 4. The van der Waals surface area contributed by atoms with Gasteiger partial charge in [0.05, 0.1) is 6.20 Å². The molecular weight excluding hydrogens is 288 g/mol. The first-order chi connectivity index (χ1) is 8.44. The molecule has 0 bridgehead atoms. The van der Waals surface area contributed by atoms with Crippen LogP contribution < -0.4 is 5.32 Å². The zero-order valence-corrected chi connectivity index (χ0v) is 13.0. The Hall–Kier alpha value is -0.630. The fourth-order valence-electron chi connectivity index (χ4n) is 2.19. The Morgan fingerprint density at radius 1 is 1.47 bits per heavy atom. The van der Waals surface area contributed by atoms with E-state index in [2.05, 4.69) is 10.4 Å². The number of nitrogens with zero attached hydrogens (tertiary/aromatic N) is 3. The van der Waals surface area contributed by atoms with Gasteiger partial charge in [-0.15, -0.1) is 12.4 Å². The fraction of sp³-hybridized carbons (Fsp3) is 0.727. The van der Waals surface area contributed by atoms with Gasteiger partial charge in [-0.2, -0.15) is 9.40 Å². The predicted molar refractivity (Wildman–Crippen MR) is 76.1 cm³/mol. The molecule has 0 radical (unpaired) electrons. The minimum Gasteiger partial charge on any atom is -0.314 e. The van der Waals surface area contributed by atoms with Crippen molar-refractivity contribution in [3.63, 3.8) is 0 Å². The van der Waals surface area contributed by atoms with Crippen molar-refractivity contribution in [2.75, 3.05) is 19.6 Å². The molecule has 0 saturated carbocycles. The highest BCUT2D eigenvalue weighted by molar-refractivity contribution is 7.89. The van der Waals surface area contributed by atoms with Gasteiger partial charge in [-0.3, -0.25) is 4.68 Å². The van der Waals surface area contributed by atoms with Gasteiger partial charge in [0.25, 0.3) is 10.0 Å². The molecule has 1 aliphatic heterocycles. The maximum atomic E-state index is 12.6. The Labute approximate surface area is 120 Å². The number of nitrogens with one attached hydrogen (secondary N) is 1. The van der Waals surface area contributed by atoms with Crippen molar-refractivity contribution in [2.45, 2.75) is 37.9 Å². The Balaban J connectivity index is 0.00000180. The van der Waals surface area contributed by atoms with Crippen LogP contribution in [0.3, 0.4) is 0 Å². The molecule has 2 heterocycles. The molecule has 19 heavy (non-hydrogen) atoms. The predicted octanol–water partition coefficient (Wildman–Crippen LogP) is 0.868. The zero-order chi connectivity index (χ0) is 13.3. The number of halogens is 1. The van der Waals surface area contributed by atoms with Crippen LogP contribution in [0.4, 0.5) is 0 Å². The molecule has 0 spiro atoms. The van der Waals surface area contributed by atoms with Crippen LogP contribution >= 0.6 is 12.4 Å². The van der Waals surface area contributed by atoms with Crippen molar-refractivity contribution < 1.29 is 8.42 Å². The number of rotatable bonds is 3. The van der Waals surface area contributed by atoms with Crippen LogP contribution in [-0.4, -0.2) is 48.2 Å². The van der Waals surface area contributed by atoms with E-state index in [1.165, 1.54) is 0 Å². The standard InChI is InChI=1S/C11H20N4O2S.ClH/c1-9(2)15-11(4-5-13-15)18(16,17)14-7-6-12-8-10(14)3;/h4-5,9-10,12H,6-8H2,1-3H3;1H. The third-order valence-corrected chi connectivity index (χ3v) is 5.15. The van der Waals surface area contributed by atoms with E-state index in [1.54, 1.807) is 21.3 Å². The number of sulfonamides is 1. The molecule has 1 aromatic heterocycles. The van der Waals surface area contributed by atoms with E-state index in [-0.39, 0.29) is 29.5 Å². The molecule has 1 fully saturated rings. The minimum atomic E-state index is -3.45. The third-order valence-electron chi connectivity index (χ3n) is 3.14. The normalized spacial score (nSPS) is 21.4. The van der Waals surface area contributed by atoms with Crippen molar-refractivity contribution in [3.05, 3.63) is 12.3 Å². The van der Waals surface area contributed by atoms with Crippen LogP contribution in [0.5, 0.6) is 0 Å². The van der Waals surface area contributed by atoms with E-state index in [0.29, 0.717) is 19.6 Å². The molecule has 8 heteroatoms. The lowest BCUT2D eigenvalue weighted by Gasteiger charge is -2.33. The lowest BCUT2D eigenvalue weighted by molar-refractivity contribution is 0.280. The third kappa shape index (κ3) is 3.10. The smallest absolute Gasteiger partial charge is 0.260 e. The summed E-state index contributed by atoms with van der Waals surface area (Å²) >= 11 is 0. The van der Waals surface area contributed by atoms with E-state index < -0.39 is 10.0 Å². The minimum absolute atomic E-state index is 0. The molecule has 110 valence electrons. The second-order valence-corrected chi connectivity index (χ2v) is 6.71. The summed E-state index contributed by atoms with van der Waals surface area (Å²) in [6, 6.07) is 1.58. The quantitative estimate of drug-likeness (QED) is 0.899. The topological polar surface area (TPSA) is 67.2 Å². The Bertz CT molecular complexity index is 515. The van der Waals surface area contributed by atoms with Crippen LogP contribution in [0.2, 0.25) is 0 Å². The van der Waals surface area contributed by atoms with Gasteiger partial charge in [0.15, 0.2) is 5.03 Å². The molecule has 0 aliphatic carbocycles. The number of hydrogen-bond donors (Lipinski definition) is 1. The molecular formula is C11H21ClN4O2S. The Morgan fingerprint density at radius 2 is 2.16 bits per heavy atom. The second kappa shape index (κ2) is 6.21. The first-order valence-electron chi connectivity index (χ1n) is 6.20. The summed E-state index contributed by atoms with van der Waals surface area (Å²) in [5.41, 5.74) is 0. The Morgan fingerprint density at radius 3 is 2.74 bits per heavy atom. The van der Waals surface area contributed by atoms with Crippen molar-refractivity contribution in [2.24, 2.45) is 0 Å². The molecule has 6 nitrogen and oxygen atoms in total. The summed E-state index contributed by atoms with van der Waals surface area (Å²) in [5, 5.41) is 7.57. The van der Waals surface area contributed by atoms with E-state index in [9.17, 15) is 8.42 Å². The van der Waals surface area contributed by atoms with Gasteiger partial charge in [-0.05, 0) is 26.8 Å². The molecule has 0 amide bonds. The molecule has 1 aliphatic rings. The monoisotopic (exact) mass is 308 g/mol. The zero-order valence-electron chi connectivity index (χ0n) is 11.4. The lowest BCUT2D eigenvalue weighted by Crippen LogP contribution is -2.52. The van der Waals surface area contributed by atoms with Crippen LogP contribution in [0.25, 0.3) is 0 Å². The van der Waals surface area contributed by atoms with Gasteiger partial charge >= 0.3 is 0 Å². The van der Waals surface area contributed by atoms with Crippen molar-refractivity contribution in [1.29, 1.82) is 0 Å². The fourth-order valence-corrected chi connectivity index (χ4v) is 4.04. The largest absolute Gasteiger partial charge is 0.314 e. The molecule has 0 aromatic carbocycles. The van der Waals surface area contributed by atoms with E-state index in [1.807, 2.05) is 20.8 Å². The van der Waals surface area contributed by atoms with Gasteiger partial charge in [0.1, 0.15) is 0 Å². The van der Waals surface area contributed by atoms with E-state index >= 15 is 0 Å². The highest BCUT2D eigenvalue weighted by atomic mass is 35.5. The van der Waals surface area contributed by atoms with Crippen LogP contribution in [-0.2, 0) is 10.0 Å². The Kier molecular flexibility index (Phi) is 5.37. The van der Waals surface area contributed by atoms with Crippen molar-refractivity contribution in [3.8, 4) is 0 Å². The summed E-state index contributed by atoms with van der Waals surface area (Å²) < 4.78 is 28.4. The molecule has 1 aromatic rings. The molecule has 1 N–H and O–H groups in total. The maximum absolute atomic E-state index is 12.6. The number of aromatic nitrogens is 2. The van der Waals surface area contributed by atoms with Crippen molar-refractivity contribution >= 4 is 22.4 Å². The highest BCUT2D eigenvalue weighted by Crippen LogP contribution is 2.21. The summed E-state index contributed by atoms with van der Waals surface area (Å²) in [4.78, 5) is 0. The summed E-state index contributed by atoms with van der Waals surface area (Å²) in [7, 11) is -3.45. The SMILES string of the molecule is CC1CNCCN1S(=O)(=O)c1ccnn1C(C)C.Cl. The molecule has 1 atom stereocenters. The van der Waals surface area contributed by atoms with E-state index in [0.717, 1.165) is 0 Å². The van der Waals surface area contributed by atoms with Crippen LogP contribution in [0.15, 0.2) is 17.3 Å². The van der Waals surface area contributed by atoms with E-state index in [4.69, 9.17) is 0 Å². The van der Waals surface area contributed by atoms with Gasteiger partial charge in [0, 0.05) is 31.7 Å². The highest BCUT2D eigenvalue weighted by Gasteiger charge is 2.33. The van der Waals surface area contributed by atoms with Crippen LogP contribution in [0, 0.1) is 0 Å². The van der Waals surface area contributed by atoms with Crippen LogP contribution in [0.1, 0.15) is 26.8 Å². The first-order valence-corrected chi connectivity index (χ1v) is 7.64. The molecule has 1 saturated heterocycles. The van der Waals surface area contributed by atoms with Gasteiger partial charge in [0.2, 0.25) is 0 Å². The lowest BCUT2D eigenvalue weighted by atomic mass is 10.3. The van der Waals surface area contributed by atoms with Crippen molar-refractivity contribution in [1.82, 2.24) is 19.4 Å². The molecule has 1 unspecified atom stereocenters. The number of piperazine rings is 1.